The number of carbonyl (C=O) groups is 2. The number of esters is 1. The van der Waals surface area contributed by atoms with E-state index >= 15 is 0 Å². The van der Waals surface area contributed by atoms with Gasteiger partial charge in [0.05, 0.1) is 5.56 Å². The highest BCUT2D eigenvalue weighted by molar-refractivity contribution is 5.94. The van der Waals surface area contributed by atoms with Crippen molar-refractivity contribution in [3.8, 4) is 0 Å². The highest BCUT2D eigenvalue weighted by Gasteiger charge is 2.33. The van der Waals surface area contributed by atoms with Crippen molar-refractivity contribution in [3.63, 3.8) is 0 Å². The van der Waals surface area contributed by atoms with Crippen LogP contribution in [0.2, 0.25) is 0 Å². The number of benzene rings is 1. The molecule has 1 aliphatic heterocycles. The molecule has 0 saturated heterocycles. The maximum Gasteiger partial charge on any atom is 0.340 e. The number of aliphatic hydroxyl groups is 1. The molecule has 1 heterocycles. The molecule has 0 bridgehead atoms. The van der Waals surface area contributed by atoms with Crippen molar-refractivity contribution in [2.45, 2.75) is 18.7 Å². The SMILES string of the molecule is O=C1OC(NC(CCO)C(=O)O)c2ccccc21. The van der Waals surface area contributed by atoms with E-state index in [0.29, 0.717) is 11.1 Å². The maximum absolute atomic E-state index is 11.5. The molecule has 0 amide bonds. The van der Waals surface area contributed by atoms with Gasteiger partial charge in [0, 0.05) is 12.2 Å². The van der Waals surface area contributed by atoms with E-state index in [1.165, 1.54) is 0 Å². The lowest BCUT2D eigenvalue weighted by Crippen LogP contribution is -2.40. The summed E-state index contributed by atoms with van der Waals surface area (Å²) in [5.41, 5.74) is 1.05. The van der Waals surface area contributed by atoms with Crippen LogP contribution in [0, 0.1) is 0 Å². The zero-order chi connectivity index (χ0) is 13.1. The number of hydrogen-bond acceptors (Lipinski definition) is 5. The molecule has 0 aromatic heterocycles. The summed E-state index contributed by atoms with van der Waals surface area (Å²) in [4.78, 5) is 22.5. The Morgan fingerprint density at radius 2 is 2.17 bits per heavy atom. The molecule has 0 saturated carbocycles. The number of nitrogens with one attached hydrogen (secondary N) is 1. The number of aliphatic carboxylic acids is 1. The molecule has 6 nitrogen and oxygen atoms in total. The van der Waals surface area contributed by atoms with Crippen LogP contribution in [0.15, 0.2) is 24.3 Å². The van der Waals surface area contributed by atoms with Gasteiger partial charge in [-0.2, -0.15) is 0 Å². The second kappa shape index (κ2) is 5.16. The Labute approximate surface area is 103 Å². The molecule has 1 aromatic rings. The van der Waals surface area contributed by atoms with Crippen molar-refractivity contribution in [1.82, 2.24) is 5.32 Å². The van der Waals surface area contributed by atoms with Gasteiger partial charge in [-0.1, -0.05) is 18.2 Å². The third-order valence-corrected chi connectivity index (χ3v) is 2.76. The third kappa shape index (κ3) is 2.34. The lowest BCUT2D eigenvalue weighted by atomic mass is 10.1. The molecule has 18 heavy (non-hydrogen) atoms. The van der Waals surface area contributed by atoms with Crippen LogP contribution in [-0.4, -0.2) is 34.8 Å². The molecule has 0 radical (unpaired) electrons. The average Bonchev–Trinajstić information content (AvgIpc) is 2.66. The van der Waals surface area contributed by atoms with Gasteiger partial charge >= 0.3 is 11.9 Å². The Morgan fingerprint density at radius 1 is 1.44 bits per heavy atom. The molecular weight excluding hydrogens is 238 g/mol. The minimum absolute atomic E-state index is 0.0472. The van der Waals surface area contributed by atoms with E-state index in [1.54, 1.807) is 24.3 Å². The van der Waals surface area contributed by atoms with Crippen LogP contribution in [0.3, 0.4) is 0 Å². The molecule has 3 N–H and O–H groups in total. The number of aliphatic hydroxyl groups excluding tert-OH is 1. The largest absolute Gasteiger partial charge is 0.480 e. The minimum Gasteiger partial charge on any atom is -0.480 e. The zero-order valence-electron chi connectivity index (χ0n) is 9.50. The normalized spacial score (nSPS) is 19.2. The van der Waals surface area contributed by atoms with Crippen LogP contribution < -0.4 is 5.32 Å². The van der Waals surface area contributed by atoms with Gasteiger partial charge in [0.25, 0.3) is 0 Å². The molecule has 0 fully saturated rings. The average molecular weight is 251 g/mol. The van der Waals surface area contributed by atoms with Crippen molar-refractivity contribution >= 4 is 11.9 Å². The van der Waals surface area contributed by atoms with E-state index in [9.17, 15) is 9.59 Å². The van der Waals surface area contributed by atoms with Gasteiger partial charge in [0.2, 0.25) is 0 Å². The summed E-state index contributed by atoms with van der Waals surface area (Å²) in [6.45, 7) is -0.258. The number of carboxylic acids is 1. The molecule has 2 atom stereocenters. The fourth-order valence-corrected chi connectivity index (χ4v) is 1.86. The van der Waals surface area contributed by atoms with Crippen LogP contribution in [0.5, 0.6) is 0 Å². The first kappa shape index (κ1) is 12.5. The molecule has 96 valence electrons. The summed E-state index contributed by atoms with van der Waals surface area (Å²) in [5, 5.41) is 20.5. The first-order valence-electron chi connectivity index (χ1n) is 5.53. The third-order valence-electron chi connectivity index (χ3n) is 2.76. The maximum atomic E-state index is 11.5. The van der Waals surface area contributed by atoms with Crippen molar-refractivity contribution in [1.29, 1.82) is 0 Å². The van der Waals surface area contributed by atoms with Gasteiger partial charge < -0.3 is 14.9 Å². The van der Waals surface area contributed by atoms with E-state index < -0.39 is 24.2 Å². The van der Waals surface area contributed by atoms with Crippen molar-refractivity contribution in [2.75, 3.05) is 6.61 Å². The summed E-state index contributed by atoms with van der Waals surface area (Å²) in [5.74, 6) is -1.57. The number of fused-ring (bicyclic) bond motifs is 1. The Balaban J connectivity index is 2.16. The Hall–Kier alpha value is -1.92. The van der Waals surface area contributed by atoms with Crippen molar-refractivity contribution in [2.24, 2.45) is 0 Å². The van der Waals surface area contributed by atoms with Gasteiger partial charge in [-0.15, -0.1) is 0 Å². The quantitative estimate of drug-likeness (QED) is 0.650. The molecule has 6 heteroatoms. The predicted octanol–water partition coefficient (Wildman–Crippen LogP) is 0.281. The van der Waals surface area contributed by atoms with Crippen LogP contribution in [0.4, 0.5) is 0 Å². The van der Waals surface area contributed by atoms with E-state index in [2.05, 4.69) is 5.32 Å². The van der Waals surface area contributed by atoms with Gasteiger partial charge in [-0.3, -0.25) is 10.1 Å². The first-order valence-corrected chi connectivity index (χ1v) is 5.53. The van der Waals surface area contributed by atoms with Crippen LogP contribution >= 0.6 is 0 Å². The molecule has 1 aromatic carbocycles. The molecule has 0 spiro atoms. The lowest BCUT2D eigenvalue weighted by Gasteiger charge is -2.18. The minimum atomic E-state index is -1.09. The van der Waals surface area contributed by atoms with E-state index in [1.807, 2.05) is 0 Å². The summed E-state index contributed by atoms with van der Waals surface area (Å²) >= 11 is 0. The summed E-state index contributed by atoms with van der Waals surface area (Å²) in [6.07, 6.45) is -0.729. The molecule has 2 unspecified atom stereocenters. The van der Waals surface area contributed by atoms with E-state index in [0.717, 1.165) is 0 Å². The Kier molecular flexibility index (Phi) is 3.59. The standard InChI is InChI=1S/C12H13NO5/c14-6-5-9(11(15)16)13-10-7-3-1-2-4-8(7)12(17)18-10/h1-4,9-10,13-14H,5-6H2,(H,15,16). The first-order chi connectivity index (χ1) is 8.63. The number of rotatable bonds is 5. The number of carbonyl (C=O) groups excluding carboxylic acids is 1. The number of ether oxygens (including phenoxy) is 1. The van der Waals surface area contributed by atoms with Crippen molar-refractivity contribution < 1.29 is 24.5 Å². The fourth-order valence-electron chi connectivity index (χ4n) is 1.86. The van der Waals surface area contributed by atoms with Gasteiger partial charge in [0.15, 0.2) is 6.23 Å². The predicted molar refractivity (Wildman–Crippen MR) is 60.9 cm³/mol. The highest BCUT2D eigenvalue weighted by atomic mass is 16.6. The molecular formula is C12H13NO5. The van der Waals surface area contributed by atoms with Crippen LogP contribution in [0.1, 0.15) is 28.6 Å². The second-order valence-corrected chi connectivity index (χ2v) is 3.94. The topological polar surface area (TPSA) is 95.9 Å². The number of cyclic esters (lactones) is 1. The summed E-state index contributed by atoms with van der Waals surface area (Å²) in [6, 6.07) is 5.83. The Bertz CT molecular complexity index is 473. The molecule has 0 aliphatic carbocycles. The monoisotopic (exact) mass is 251 g/mol. The molecule has 1 aliphatic rings. The Morgan fingerprint density at radius 3 is 2.83 bits per heavy atom. The fraction of sp³-hybridized carbons (Fsp3) is 0.333. The number of carboxylic acid groups (broad SMARTS) is 1. The highest BCUT2D eigenvalue weighted by Crippen LogP contribution is 2.28. The second-order valence-electron chi connectivity index (χ2n) is 3.94. The van der Waals surface area contributed by atoms with Crippen LogP contribution in [-0.2, 0) is 9.53 Å². The van der Waals surface area contributed by atoms with Crippen LogP contribution in [0.25, 0.3) is 0 Å². The van der Waals surface area contributed by atoms with Crippen molar-refractivity contribution in [3.05, 3.63) is 35.4 Å². The number of hydrogen-bond donors (Lipinski definition) is 3. The van der Waals surface area contributed by atoms with E-state index in [4.69, 9.17) is 14.9 Å². The summed E-state index contributed by atoms with van der Waals surface area (Å²) < 4.78 is 5.06. The van der Waals surface area contributed by atoms with Gasteiger partial charge in [0.1, 0.15) is 6.04 Å². The molecule has 2 rings (SSSR count). The smallest absolute Gasteiger partial charge is 0.340 e. The van der Waals surface area contributed by atoms with Gasteiger partial charge in [-0.25, -0.2) is 4.79 Å². The summed E-state index contributed by atoms with van der Waals surface area (Å²) in [7, 11) is 0. The van der Waals surface area contributed by atoms with Gasteiger partial charge in [-0.05, 0) is 12.5 Å². The zero-order valence-corrected chi connectivity index (χ0v) is 9.50. The van der Waals surface area contributed by atoms with E-state index in [-0.39, 0.29) is 13.0 Å². The lowest BCUT2D eigenvalue weighted by molar-refractivity contribution is -0.141.